The standard InChI is InChI=1S/C10H10N2O4S/c13-8-3-6(1-2-11-8)9(14)12-5-17-4-7(12)10(15)16/h1-3,7H,4-5H2,(H,11,13)(H,15,16). The van der Waals surface area contributed by atoms with E-state index in [2.05, 4.69) is 4.98 Å². The molecule has 17 heavy (non-hydrogen) atoms. The molecule has 0 aliphatic carbocycles. The predicted molar refractivity (Wildman–Crippen MR) is 62.0 cm³/mol. The van der Waals surface area contributed by atoms with E-state index < -0.39 is 17.9 Å². The summed E-state index contributed by atoms with van der Waals surface area (Å²) in [4.78, 5) is 37.7. The molecular weight excluding hydrogens is 244 g/mol. The van der Waals surface area contributed by atoms with Crippen LogP contribution >= 0.6 is 11.8 Å². The van der Waals surface area contributed by atoms with Crippen LogP contribution in [0.2, 0.25) is 0 Å². The Kier molecular flexibility index (Phi) is 3.19. The van der Waals surface area contributed by atoms with E-state index in [0.29, 0.717) is 11.6 Å². The zero-order valence-corrected chi connectivity index (χ0v) is 9.57. The predicted octanol–water partition coefficient (Wildman–Crippen LogP) is -0.0254. The molecule has 0 bridgehead atoms. The van der Waals surface area contributed by atoms with E-state index in [4.69, 9.17) is 5.11 Å². The number of nitrogens with zero attached hydrogens (tertiary/aromatic N) is 1. The molecule has 2 rings (SSSR count). The summed E-state index contributed by atoms with van der Waals surface area (Å²) >= 11 is 1.38. The third-order valence-electron chi connectivity index (χ3n) is 2.45. The van der Waals surface area contributed by atoms with Gasteiger partial charge in [-0.25, -0.2) is 4.79 Å². The molecule has 0 spiro atoms. The van der Waals surface area contributed by atoms with Gasteiger partial charge in [0, 0.05) is 23.6 Å². The van der Waals surface area contributed by atoms with Crippen molar-refractivity contribution in [2.24, 2.45) is 0 Å². The van der Waals surface area contributed by atoms with Crippen LogP contribution in [0.4, 0.5) is 0 Å². The quantitative estimate of drug-likeness (QED) is 0.773. The minimum atomic E-state index is -1.02. The van der Waals surface area contributed by atoms with Gasteiger partial charge in [0.05, 0.1) is 5.88 Å². The van der Waals surface area contributed by atoms with Crippen molar-refractivity contribution in [1.29, 1.82) is 0 Å². The largest absolute Gasteiger partial charge is 0.480 e. The number of carboxylic acid groups (broad SMARTS) is 1. The normalized spacial score (nSPS) is 19.3. The van der Waals surface area contributed by atoms with Gasteiger partial charge in [-0.05, 0) is 6.07 Å². The van der Waals surface area contributed by atoms with E-state index in [1.54, 1.807) is 0 Å². The summed E-state index contributed by atoms with van der Waals surface area (Å²) in [5.41, 5.74) is -0.169. The van der Waals surface area contributed by atoms with Crippen molar-refractivity contribution in [3.8, 4) is 0 Å². The van der Waals surface area contributed by atoms with Crippen molar-refractivity contribution in [2.45, 2.75) is 6.04 Å². The SMILES string of the molecule is O=C(O)C1CSCN1C(=O)c1cc[nH]c(=O)c1. The molecule has 90 valence electrons. The molecule has 2 heterocycles. The highest BCUT2D eigenvalue weighted by atomic mass is 32.2. The van der Waals surface area contributed by atoms with E-state index in [1.807, 2.05) is 0 Å². The fourth-order valence-corrected chi connectivity index (χ4v) is 2.74. The number of carboxylic acids is 1. The lowest BCUT2D eigenvalue weighted by molar-refractivity contribution is -0.140. The van der Waals surface area contributed by atoms with Crippen molar-refractivity contribution in [1.82, 2.24) is 9.88 Å². The lowest BCUT2D eigenvalue weighted by Gasteiger charge is -2.20. The van der Waals surface area contributed by atoms with Crippen molar-refractivity contribution in [2.75, 3.05) is 11.6 Å². The molecule has 0 radical (unpaired) electrons. The third kappa shape index (κ3) is 2.33. The zero-order chi connectivity index (χ0) is 12.4. The summed E-state index contributed by atoms with van der Waals surface area (Å²) < 4.78 is 0. The Morgan fingerprint density at radius 3 is 2.94 bits per heavy atom. The number of carbonyl (C=O) groups is 2. The fourth-order valence-electron chi connectivity index (χ4n) is 1.59. The Bertz CT molecular complexity index is 513. The van der Waals surface area contributed by atoms with Gasteiger partial charge in [-0.3, -0.25) is 9.59 Å². The molecule has 2 N–H and O–H groups in total. The van der Waals surface area contributed by atoms with Gasteiger partial charge in [-0.15, -0.1) is 11.8 Å². The number of rotatable bonds is 2. The molecule has 1 aromatic heterocycles. The van der Waals surface area contributed by atoms with E-state index in [9.17, 15) is 14.4 Å². The van der Waals surface area contributed by atoms with Crippen molar-refractivity contribution in [3.63, 3.8) is 0 Å². The molecule has 1 aliphatic rings. The van der Waals surface area contributed by atoms with Gasteiger partial charge in [-0.2, -0.15) is 0 Å². The van der Waals surface area contributed by atoms with Crippen molar-refractivity contribution < 1.29 is 14.7 Å². The van der Waals surface area contributed by atoms with Gasteiger partial charge in [0.1, 0.15) is 6.04 Å². The molecule has 1 saturated heterocycles. The van der Waals surface area contributed by atoms with Gasteiger partial charge < -0.3 is 15.0 Å². The minimum Gasteiger partial charge on any atom is -0.480 e. The molecule has 1 aromatic rings. The average molecular weight is 254 g/mol. The summed E-state index contributed by atoms with van der Waals surface area (Å²) in [5, 5.41) is 8.96. The highest BCUT2D eigenvalue weighted by Gasteiger charge is 2.34. The first kappa shape index (κ1) is 11.7. The topological polar surface area (TPSA) is 90.5 Å². The first-order chi connectivity index (χ1) is 8.09. The van der Waals surface area contributed by atoms with Gasteiger partial charge in [0.25, 0.3) is 5.91 Å². The van der Waals surface area contributed by atoms with Gasteiger partial charge in [0.2, 0.25) is 5.56 Å². The molecule has 1 aliphatic heterocycles. The molecule has 1 amide bonds. The van der Waals surface area contributed by atoms with Crippen LogP contribution in [0.25, 0.3) is 0 Å². The smallest absolute Gasteiger partial charge is 0.327 e. The molecule has 7 heteroatoms. The van der Waals surface area contributed by atoms with Gasteiger partial charge >= 0.3 is 5.97 Å². The Morgan fingerprint density at radius 2 is 2.29 bits per heavy atom. The first-order valence-electron chi connectivity index (χ1n) is 4.90. The van der Waals surface area contributed by atoms with Crippen LogP contribution in [-0.2, 0) is 4.79 Å². The molecule has 6 nitrogen and oxygen atoms in total. The van der Waals surface area contributed by atoms with Gasteiger partial charge in [-0.1, -0.05) is 0 Å². The van der Waals surface area contributed by atoms with Crippen LogP contribution in [0.5, 0.6) is 0 Å². The zero-order valence-electron chi connectivity index (χ0n) is 8.75. The van der Waals surface area contributed by atoms with Crippen molar-refractivity contribution >= 4 is 23.6 Å². The number of amides is 1. The first-order valence-corrected chi connectivity index (χ1v) is 6.05. The van der Waals surface area contributed by atoms with Crippen molar-refractivity contribution in [3.05, 3.63) is 34.2 Å². The van der Waals surface area contributed by atoms with E-state index in [0.717, 1.165) is 0 Å². The summed E-state index contributed by atoms with van der Waals surface area (Å²) in [7, 11) is 0. The number of aromatic nitrogens is 1. The second-order valence-electron chi connectivity index (χ2n) is 3.57. The average Bonchev–Trinajstić information content (AvgIpc) is 2.77. The number of hydrogen-bond acceptors (Lipinski definition) is 4. The molecule has 1 fully saturated rings. The van der Waals surface area contributed by atoms with Crippen LogP contribution in [0, 0.1) is 0 Å². The number of aromatic amines is 1. The fraction of sp³-hybridized carbons (Fsp3) is 0.300. The summed E-state index contributed by atoms with van der Waals surface area (Å²) in [6.45, 7) is 0. The molecule has 0 saturated carbocycles. The Morgan fingerprint density at radius 1 is 1.53 bits per heavy atom. The monoisotopic (exact) mass is 254 g/mol. The number of thioether (sulfide) groups is 1. The minimum absolute atomic E-state index is 0.211. The van der Waals surface area contributed by atoms with E-state index in [1.165, 1.54) is 35.0 Å². The number of H-pyrrole nitrogens is 1. The highest BCUT2D eigenvalue weighted by Crippen LogP contribution is 2.22. The van der Waals surface area contributed by atoms with Crippen LogP contribution in [0.1, 0.15) is 10.4 Å². The lowest BCUT2D eigenvalue weighted by atomic mass is 10.2. The maximum atomic E-state index is 12.0. The second-order valence-corrected chi connectivity index (χ2v) is 4.57. The van der Waals surface area contributed by atoms with E-state index >= 15 is 0 Å². The summed E-state index contributed by atoms with van der Waals surface area (Å²) in [6.07, 6.45) is 1.37. The highest BCUT2D eigenvalue weighted by molar-refractivity contribution is 7.99. The molecule has 0 aromatic carbocycles. The molecule has 1 unspecified atom stereocenters. The molecule has 1 atom stereocenters. The second kappa shape index (κ2) is 4.62. The van der Waals surface area contributed by atoms with Crippen LogP contribution in [-0.4, -0.2) is 44.5 Å². The van der Waals surface area contributed by atoms with Crippen LogP contribution in [0.15, 0.2) is 23.1 Å². The number of pyridine rings is 1. The number of hydrogen-bond donors (Lipinski definition) is 2. The lowest BCUT2D eigenvalue weighted by Crippen LogP contribution is -2.42. The maximum absolute atomic E-state index is 12.0. The summed E-state index contributed by atoms with van der Waals surface area (Å²) in [5.74, 6) is -0.728. The Hall–Kier alpha value is -1.76. The van der Waals surface area contributed by atoms with Gasteiger partial charge in [0.15, 0.2) is 0 Å². The van der Waals surface area contributed by atoms with Crippen LogP contribution in [0.3, 0.4) is 0 Å². The maximum Gasteiger partial charge on any atom is 0.327 e. The molecular formula is C10H10N2O4S. The Labute approximate surface area is 101 Å². The number of nitrogens with one attached hydrogen (secondary N) is 1. The van der Waals surface area contributed by atoms with Crippen LogP contribution < -0.4 is 5.56 Å². The third-order valence-corrected chi connectivity index (χ3v) is 3.46. The van der Waals surface area contributed by atoms with E-state index in [-0.39, 0.29) is 11.1 Å². The Balaban J connectivity index is 2.26. The number of carbonyl (C=O) groups excluding carboxylic acids is 1. The summed E-state index contributed by atoms with van der Waals surface area (Å²) in [6, 6.07) is 1.82. The number of aliphatic carboxylic acids is 1.